The molecule has 1 fully saturated rings. The Morgan fingerprint density at radius 3 is 2.07 bits per heavy atom. The summed E-state index contributed by atoms with van der Waals surface area (Å²) in [7, 11) is -3.62. The van der Waals surface area contributed by atoms with Crippen molar-refractivity contribution in [2.75, 3.05) is 18.4 Å². The molecule has 2 atom stereocenters. The monoisotopic (exact) mass is 408 g/mol. The lowest BCUT2D eigenvalue weighted by molar-refractivity contribution is 0.102. The fraction of sp³-hybridized carbons (Fsp3) is 0.350. The maximum absolute atomic E-state index is 13.3. The molecule has 2 aromatic carbocycles. The summed E-state index contributed by atoms with van der Waals surface area (Å²) >= 11 is 0. The highest BCUT2D eigenvalue weighted by Crippen LogP contribution is 2.27. The zero-order valence-corrected chi connectivity index (χ0v) is 16.5. The molecule has 0 saturated carbocycles. The van der Waals surface area contributed by atoms with E-state index < -0.39 is 27.6 Å². The molecular formula is C20H22F2N2O3S. The molecular weight excluding hydrogens is 386 g/mol. The van der Waals surface area contributed by atoms with Gasteiger partial charge in [-0.15, -0.1) is 0 Å². The van der Waals surface area contributed by atoms with E-state index in [0.717, 1.165) is 18.6 Å². The molecule has 1 aliphatic heterocycles. The number of rotatable bonds is 4. The van der Waals surface area contributed by atoms with Crippen molar-refractivity contribution in [3.8, 4) is 0 Å². The van der Waals surface area contributed by atoms with Crippen LogP contribution in [0, 0.1) is 23.5 Å². The van der Waals surface area contributed by atoms with Crippen LogP contribution in [0.1, 0.15) is 30.6 Å². The molecule has 0 bridgehead atoms. The van der Waals surface area contributed by atoms with Crippen LogP contribution in [-0.2, 0) is 10.0 Å². The second-order valence-corrected chi connectivity index (χ2v) is 9.34. The number of hydrogen-bond acceptors (Lipinski definition) is 3. The summed E-state index contributed by atoms with van der Waals surface area (Å²) in [6, 6.07) is 8.28. The van der Waals surface area contributed by atoms with Crippen LogP contribution in [0.5, 0.6) is 0 Å². The lowest BCUT2D eigenvalue weighted by Gasteiger charge is -2.34. The van der Waals surface area contributed by atoms with Gasteiger partial charge < -0.3 is 5.32 Å². The van der Waals surface area contributed by atoms with Gasteiger partial charge in [0.05, 0.1) is 4.90 Å². The third kappa shape index (κ3) is 4.56. The van der Waals surface area contributed by atoms with E-state index in [1.807, 2.05) is 13.8 Å². The maximum atomic E-state index is 13.3. The topological polar surface area (TPSA) is 66.5 Å². The highest BCUT2D eigenvalue weighted by Gasteiger charge is 2.31. The van der Waals surface area contributed by atoms with E-state index in [4.69, 9.17) is 0 Å². The van der Waals surface area contributed by atoms with E-state index in [9.17, 15) is 22.0 Å². The highest BCUT2D eigenvalue weighted by molar-refractivity contribution is 7.89. The normalized spacial score (nSPS) is 20.7. The Labute approximate surface area is 163 Å². The van der Waals surface area contributed by atoms with E-state index in [1.54, 1.807) is 0 Å². The van der Waals surface area contributed by atoms with Crippen LogP contribution in [0.4, 0.5) is 14.5 Å². The molecule has 0 unspecified atom stereocenters. The fourth-order valence-corrected chi connectivity index (χ4v) is 5.23. The summed E-state index contributed by atoms with van der Waals surface area (Å²) in [5, 5.41) is 2.50. The van der Waals surface area contributed by atoms with Gasteiger partial charge in [-0.2, -0.15) is 4.31 Å². The van der Waals surface area contributed by atoms with Gasteiger partial charge in [0.2, 0.25) is 10.0 Å². The van der Waals surface area contributed by atoms with E-state index in [1.165, 1.54) is 28.6 Å². The number of nitrogens with one attached hydrogen (secondary N) is 1. The summed E-state index contributed by atoms with van der Waals surface area (Å²) in [6.07, 6.45) is 0.998. The second kappa shape index (κ2) is 7.97. The number of benzene rings is 2. The molecule has 0 spiro atoms. The zero-order valence-electron chi connectivity index (χ0n) is 15.7. The molecule has 28 heavy (non-hydrogen) atoms. The van der Waals surface area contributed by atoms with E-state index in [-0.39, 0.29) is 10.5 Å². The van der Waals surface area contributed by atoms with Crippen molar-refractivity contribution in [2.24, 2.45) is 11.8 Å². The van der Waals surface area contributed by atoms with Crippen molar-refractivity contribution in [1.82, 2.24) is 4.31 Å². The minimum absolute atomic E-state index is 0.142. The molecule has 1 N–H and O–H groups in total. The van der Waals surface area contributed by atoms with E-state index in [2.05, 4.69) is 5.32 Å². The number of halogens is 2. The summed E-state index contributed by atoms with van der Waals surface area (Å²) in [5.74, 6) is -1.80. The number of amides is 1. The largest absolute Gasteiger partial charge is 0.322 e. The van der Waals surface area contributed by atoms with Crippen molar-refractivity contribution in [3.63, 3.8) is 0 Å². The third-order valence-electron chi connectivity index (χ3n) is 4.71. The lowest BCUT2D eigenvalue weighted by atomic mass is 9.94. The van der Waals surface area contributed by atoms with Crippen molar-refractivity contribution >= 4 is 21.6 Å². The Hall–Kier alpha value is -2.32. The minimum atomic E-state index is -3.62. The van der Waals surface area contributed by atoms with Crippen LogP contribution in [0.2, 0.25) is 0 Å². The number of nitrogens with zero attached hydrogens (tertiary/aromatic N) is 1. The SMILES string of the molecule is C[C@@H]1C[C@@H](C)CN(S(=O)(=O)c2ccc(NC(=O)c3cc(F)cc(F)c3)cc2)C1. The molecule has 3 rings (SSSR count). The molecule has 1 amide bonds. The Morgan fingerprint density at radius 1 is 1.00 bits per heavy atom. The molecule has 1 aliphatic rings. The van der Waals surface area contributed by atoms with Crippen LogP contribution >= 0.6 is 0 Å². The smallest absolute Gasteiger partial charge is 0.255 e. The minimum Gasteiger partial charge on any atom is -0.322 e. The van der Waals surface area contributed by atoms with Crippen LogP contribution < -0.4 is 5.32 Å². The first-order valence-electron chi connectivity index (χ1n) is 9.03. The molecule has 5 nitrogen and oxygen atoms in total. The summed E-state index contributed by atoms with van der Waals surface area (Å²) < 4.78 is 53.7. The van der Waals surface area contributed by atoms with Crippen molar-refractivity contribution in [3.05, 3.63) is 59.7 Å². The summed E-state index contributed by atoms with van der Waals surface area (Å²) in [6.45, 7) is 5.03. The molecule has 8 heteroatoms. The van der Waals surface area contributed by atoms with Gasteiger partial charge in [0.1, 0.15) is 11.6 Å². The van der Waals surface area contributed by atoms with Gasteiger partial charge in [0.25, 0.3) is 5.91 Å². The van der Waals surface area contributed by atoms with Crippen molar-refractivity contribution in [2.45, 2.75) is 25.2 Å². The second-order valence-electron chi connectivity index (χ2n) is 7.40. The molecule has 1 heterocycles. The quantitative estimate of drug-likeness (QED) is 0.835. The first kappa shape index (κ1) is 20.4. The number of sulfonamides is 1. The molecule has 0 aliphatic carbocycles. The highest BCUT2D eigenvalue weighted by atomic mass is 32.2. The number of anilines is 1. The van der Waals surface area contributed by atoms with Crippen molar-refractivity contribution < 1.29 is 22.0 Å². The molecule has 2 aromatic rings. The summed E-state index contributed by atoms with van der Waals surface area (Å²) in [4.78, 5) is 12.3. The third-order valence-corrected chi connectivity index (χ3v) is 6.56. The van der Waals surface area contributed by atoms with Gasteiger partial charge in [-0.05, 0) is 54.7 Å². The maximum Gasteiger partial charge on any atom is 0.255 e. The first-order chi connectivity index (χ1) is 13.1. The Balaban J connectivity index is 1.75. The van der Waals surface area contributed by atoms with Crippen LogP contribution in [-0.4, -0.2) is 31.7 Å². The van der Waals surface area contributed by atoms with E-state index in [0.29, 0.717) is 36.7 Å². The first-order valence-corrected chi connectivity index (χ1v) is 10.5. The van der Waals surface area contributed by atoms with Crippen LogP contribution in [0.25, 0.3) is 0 Å². The molecule has 0 aromatic heterocycles. The van der Waals surface area contributed by atoms with Crippen molar-refractivity contribution in [1.29, 1.82) is 0 Å². The van der Waals surface area contributed by atoms with Gasteiger partial charge in [0.15, 0.2) is 0 Å². The Morgan fingerprint density at radius 2 is 1.54 bits per heavy atom. The average Bonchev–Trinajstić information content (AvgIpc) is 2.60. The van der Waals surface area contributed by atoms with Crippen LogP contribution in [0.3, 0.4) is 0 Å². The molecule has 150 valence electrons. The standard InChI is InChI=1S/C20H22F2N2O3S/c1-13-7-14(2)12-24(11-13)28(26,27)19-5-3-18(4-6-19)23-20(25)15-8-16(21)10-17(22)9-15/h3-6,8-10,13-14H,7,11-12H2,1-2H3,(H,23,25)/t13-,14-/m1/s1. The predicted molar refractivity (Wildman–Crippen MR) is 102 cm³/mol. The lowest BCUT2D eigenvalue weighted by Crippen LogP contribution is -2.42. The number of carbonyl (C=O) groups is 1. The van der Waals surface area contributed by atoms with Crippen LogP contribution in [0.15, 0.2) is 47.4 Å². The van der Waals surface area contributed by atoms with Gasteiger partial charge in [-0.25, -0.2) is 17.2 Å². The Bertz CT molecular complexity index is 947. The molecule has 0 radical (unpaired) electrons. The van der Waals surface area contributed by atoms with Gasteiger partial charge in [-0.3, -0.25) is 4.79 Å². The van der Waals surface area contributed by atoms with Gasteiger partial charge in [-0.1, -0.05) is 13.8 Å². The van der Waals surface area contributed by atoms with E-state index >= 15 is 0 Å². The Kier molecular flexibility index (Phi) is 5.81. The van der Waals surface area contributed by atoms with Gasteiger partial charge >= 0.3 is 0 Å². The average molecular weight is 408 g/mol. The predicted octanol–water partition coefficient (Wildman–Crippen LogP) is 3.88. The summed E-state index contributed by atoms with van der Waals surface area (Å²) in [5.41, 5.74) is 0.166. The number of hydrogen-bond donors (Lipinski definition) is 1. The zero-order chi connectivity index (χ0) is 20.5. The number of carbonyl (C=O) groups excluding carboxylic acids is 1. The van der Waals surface area contributed by atoms with Gasteiger partial charge in [0, 0.05) is 30.4 Å². The number of piperidine rings is 1. The molecule has 1 saturated heterocycles. The fourth-order valence-electron chi connectivity index (χ4n) is 3.55.